The Kier molecular flexibility index (Phi) is 43.6. The molecule has 366 valence electrons. The Morgan fingerprint density at radius 3 is 1.40 bits per heavy atom. The Morgan fingerprint density at radius 2 is 0.921 bits per heavy atom. The van der Waals surface area contributed by atoms with E-state index >= 15 is 0 Å². The summed E-state index contributed by atoms with van der Waals surface area (Å²) in [5, 5.41) is 13.8. The molecule has 0 aromatic rings. The van der Waals surface area contributed by atoms with Gasteiger partial charge in [-0.15, -0.1) is 0 Å². The lowest BCUT2D eigenvalue weighted by Gasteiger charge is -2.25. The van der Waals surface area contributed by atoms with Gasteiger partial charge in [-0.2, -0.15) is 0 Å². The van der Waals surface area contributed by atoms with E-state index < -0.39 is 20.0 Å². The van der Waals surface area contributed by atoms with Crippen LogP contribution in [0.25, 0.3) is 0 Å². The number of unbranched alkanes of at least 4 members (excludes halogenated alkanes) is 23. The first-order valence-corrected chi connectivity index (χ1v) is 27.3. The van der Waals surface area contributed by atoms with E-state index in [1.807, 2.05) is 27.2 Å². The SMILES string of the molecule is CCCCCC/C=C/CC/C=C/CC/C=C/C(O)C(COP(=O)(O)OCC[N+](C)(C)C)NC(=O)CCCCCCCCCCCCCC/C=C\C/C=C\C/C=C\CCCCCCC. The number of likely N-dealkylation sites (N-methyl/N-ethyl adjacent to an activating group) is 1. The van der Waals surface area contributed by atoms with E-state index in [1.165, 1.54) is 135 Å². The number of phosphoric ester groups is 1. The lowest BCUT2D eigenvalue weighted by Crippen LogP contribution is -2.45. The quantitative estimate of drug-likeness (QED) is 0.0243. The molecule has 0 aromatic heterocycles. The second kappa shape index (κ2) is 45.1. The fourth-order valence-electron chi connectivity index (χ4n) is 7.02. The smallest absolute Gasteiger partial charge is 0.387 e. The molecule has 0 aliphatic carbocycles. The average molecular weight is 904 g/mol. The summed E-state index contributed by atoms with van der Waals surface area (Å²) in [5.74, 6) is -0.196. The topological polar surface area (TPSA) is 105 Å². The largest absolute Gasteiger partial charge is 0.472 e. The minimum absolute atomic E-state index is 0.0504. The number of aliphatic hydroxyl groups excluding tert-OH is 1. The lowest BCUT2D eigenvalue weighted by atomic mass is 10.0. The van der Waals surface area contributed by atoms with Crippen LogP contribution in [-0.2, 0) is 18.4 Å². The molecule has 8 nitrogen and oxygen atoms in total. The number of nitrogens with one attached hydrogen (secondary N) is 1. The van der Waals surface area contributed by atoms with Crippen molar-refractivity contribution >= 4 is 13.7 Å². The van der Waals surface area contributed by atoms with Crippen LogP contribution in [0.5, 0.6) is 0 Å². The molecule has 0 fully saturated rings. The Hall–Kier alpha value is -2.06. The Balaban J connectivity index is 4.26. The molecule has 63 heavy (non-hydrogen) atoms. The molecule has 0 aliphatic rings. The zero-order valence-corrected chi connectivity index (χ0v) is 42.4. The molecule has 0 heterocycles. The van der Waals surface area contributed by atoms with Crippen molar-refractivity contribution in [1.29, 1.82) is 0 Å². The van der Waals surface area contributed by atoms with Gasteiger partial charge in [0.25, 0.3) is 0 Å². The molecule has 3 N–H and O–H groups in total. The zero-order chi connectivity index (χ0) is 46.4. The normalized spacial score (nSPS) is 14.7. The van der Waals surface area contributed by atoms with Crippen LogP contribution in [-0.4, -0.2) is 73.4 Å². The maximum Gasteiger partial charge on any atom is 0.472 e. The highest BCUT2D eigenvalue weighted by atomic mass is 31.2. The third-order valence-electron chi connectivity index (χ3n) is 11.1. The summed E-state index contributed by atoms with van der Waals surface area (Å²) in [6.07, 6.45) is 61.3. The van der Waals surface area contributed by atoms with E-state index in [-0.39, 0.29) is 19.1 Å². The standard InChI is InChI=1S/C54H99N2O6P/c1-6-8-10-12-14-16-18-20-22-23-24-25-26-27-28-29-30-31-32-33-34-36-38-40-42-44-46-48-54(58)55-52(51-62-63(59,60)61-50-49-56(3,4)5)53(57)47-45-43-41-39-37-35-21-19-17-15-13-11-9-7-2/h17-20,23-24,26-27,37,39,45,47,52-53,57H,6-16,21-22,25,28-36,38,40-44,46,48-51H2,1-5H3,(H-,55,58,59,60)/p+1/b19-17+,20-18-,24-23-,27-26-,39-37+,47-45+. The number of phosphoric acid groups is 1. The van der Waals surface area contributed by atoms with Gasteiger partial charge in [-0.3, -0.25) is 13.8 Å². The van der Waals surface area contributed by atoms with Gasteiger partial charge in [0.1, 0.15) is 13.2 Å². The number of rotatable bonds is 46. The molecule has 0 rings (SSSR count). The van der Waals surface area contributed by atoms with Gasteiger partial charge >= 0.3 is 7.82 Å². The first kappa shape index (κ1) is 60.9. The van der Waals surface area contributed by atoms with Crippen molar-refractivity contribution < 1.29 is 32.9 Å². The summed E-state index contributed by atoms with van der Waals surface area (Å²) < 4.78 is 23.6. The number of quaternary nitrogens is 1. The van der Waals surface area contributed by atoms with Crippen LogP contribution < -0.4 is 5.32 Å². The van der Waals surface area contributed by atoms with Gasteiger partial charge in [0.15, 0.2) is 0 Å². The Labute approximate surface area is 389 Å². The third kappa shape index (κ3) is 47.7. The fraction of sp³-hybridized carbons (Fsp3) is 0.759. The average Bonchev–Trinajstić information content (AvgIpc) is 3.24. The molecular weight excluding hydrogens is 804 g/mol. The predicted molar refractivity (Wildman–Crippen MR) is 272 cm³/mol. The van der Waals surface area contributed by atoms with E-state index in [9.17, 15) is 19.4 Å². The summed E-state index contributed by atoms with van der Waals surface area (Å²) in [7, 11) is 1.54. The second-order valence-corrected chi connectivity index (χ2v) is 20.0. The first-order chi connectivity index (χ1) is 30.5. The van der Waals surface area contributed by atoms with Gasteiger partial charge in [0, 0.05) is 6.42 Å². The number of carbonyl (C=O) groups excluding carboxylic acids is 1. The molecule has 0 bridgehead atoms. The minimum atomic E-state index is -4.36. The van der Waals surface area contributed by atoms with Crippen LogP contribution in [0.2, 0.25) is 0 Å². The number of aliphatic hydroxyl groups is 1. The summed E-state index contributed by atoms with van der Waals surface area (Å²) in [6, 6.07) is -0.873. The van der Waals surface area contributed by atoms with Gasteiger partial charge in [-0.25, -0.2) is 4.57 Å². The number of hydrogen-bond donors (Lipinski definition) is 3. The molecule has 3 unspecified atom stereocenters. The van der Waals surface area contributed by atoms with E-state index in [0.717, 1.165) is 57.8 Å². The lowest BCUT2D eigenvalue weighted by molar-refractivity contribution is -0.870. The number of nitrogens with zero attached hydrogens (tertiary/aromatic N) is 1. The number of hydrogen-bond acceptors (Lipinski definition) is 5. The molecule has 0 saturated carbocycles. The highest BCUT2D eigenvalue weighted by Gasteiger charge is 2.27. The molecule has 0 spiro atoms. The second-order valence-electron chi connectivity index (χ2n) is 18.5. The first-order valence-electron chi connectivity index (χ1n) is 25.8. The Morgan fingerprint density at radius 1 is 0.540 bits per heavy atom. The van der Waals surface area contributed by atoms with E-state index in [0.29, 0.717) is 17.4 Å². The van der Waals surface area contributed by atoms with Crippen LogP contribution in [0.4, 0.5) is 0 Å². The van der Waals surface area contributed by atoms with Gasteiger partial charge < -0.3 is 19.8 Å². The summed E-state index contributed by atoms with van der Waals surface area (Å²) in [6.45, 7) is 4.74. The zero-order valence-electron chi connectivity index (χ0n) is 41.5. The summed E-state index contributed by atoms with van der Waals surface area (Å²) in [4.78, 5) is 23.2. The van der Waals surface area contributed by atoms with Crippen molar-refractivity contribution in [2.75, 3.05) is 40.9 Å². The molecule has 3 atom stereocenters. The van der Waals surface area contributed by atoms with Crippen LogP contribution in [0, 0.1) is 0 Å². The third-order valence-corrected chi connectivity index (χ3v) is 12.1. The maximum atomic E-state index is 12.9. The van der Waals surface area contributed by atoms with Crippen molar-refractivity contribution in [2.45, 2.75) is 225 Å². The molecule has 9 heteroatoms. The highest BCUT2D eigenvalue weighted by Crippen LogP contribution is 2.43. The molecule has 0 radical (unpaired) electrons. The van der Waals surface area contributed by atoms with Crippen LogP contribution >= 0.6 is 7.82 Å². The van der Waals surface area contributed by atoms with Crippen molar-refractivity contribution in [2.24, 2.45) is 0 Å². The number of amides is 1. The van der Waals surface area contributed by atoms with Gasteiger partial charge in [0.2, 0.25) is 5.91 Å². The van der Waals surface area contributed by atoms with Crippen molar-refractivity contribution in [3.05, 3.63) is 72.9 Å². The van der Waals surface area contributed by atoms with Crippen molar-refractivity contribution in [1.82, 2.24) is 5.32 Å². The maximum absolute atomic E-state index is 12.9. The van der Waals surface area contributed by atoms with Gasteiger partial charge in [-0.1, -0.05) is 196 Å². The molecule has 0 aromatic carbocycles. The van der Waals surface area contributed by atoms with E-state index in [2.05, 4.69) is 79.9 Å². The highest BCUT2D eigenvalue weighted by molar-refractivity contribution is 7.47. The van der Waals surface area contributed by atoms with Gasteiger partial charge in [-0.05, 0) is 83.5 Å². The van der Waals surface area contributed by atoms with Crippen LogP contribution in [0.3, 0.4) is 0 Å². The Bertz CT molecular complexity index is 1250. The number of allylic oxidation sites excluding steroid dienone is 11. The van der Waals surface area contributed by atoms with Crippen molar-refractivity contribution in [3.8, 4) is 0 Å². The van der Waals surface area contributed by atoms with E-state index in [1.54, 1.807) is 6.08 Å². The molecule has 0 aliphatic heterocycles. The van der Waals surface area contributed by atoms with Crippen LogP contribution in [0.15, 0.2) is 72.9 Å². The molecular formula is C54H100N2O6P+. The molecule has 0 saturated heterocycles. The predicted octanol–water partition coefficient (Wildman–Crippen LogP) is 15.1. The van der Waals surface area contributed by atoms with Crippen molar-refractivity contribution in [3.63, 3.8) is 0 Å². The molecule has 1 amide bonds. The van der Waals surface area contributed by atoms with E-state index in [4.69, 9.17) is 9.05 Å². The minimum Gasteiger partial charge on any atom is -0.387 e. The van der Waals surface area contributed by atoms with Crippen LogP contribution in [0.1, 0.15) is 213 Å². The fourth-order valence-corrected chi connectivity index (χ4v) is 7.76. The summed E-state index contributed by atoms with van der Waals surface area (Å²) in [5.41, 5.74) is 0. The van der Waals surface area contributed by atoms with Gasteiger partial charge in [0.05, 0.1) is 39.9 Å². The number of carbonyl (C=O) groups is 1. The summed E-state index contributed by atoms with van der Waals surface area (Å²) >= 11 is 0. The monoisotopic (exact) mass is 904 g/mol.